The molecule has 1 aromatic rings. The van der Waals surface area contributed by atoms with Crippen LogP contribution in [-0.4, -0.2) is 25.9 Å². The molecule has 112 valence electrons. The van der Waals surface area contributed by atoms with Gasteiger partial charge >= 0.3 is 0 Å². The molecule has 1 aliphatic carbocycles. The SMILES string of the molecule is CCOC1CC(CC(N)Cc2cc(OC)ccc2Br)C1. The second kappa shape index (κ2) is 7.43. The highest BCUT2D eigenvalue weighted by Crippen LogP contribution is 2.34. The highest BCUT2D eigenvalue weighted by atomic mass is 79.9. The van der Waals surface area contributed by atoms with Crippen molar-refractivity contribution >= 4 is 15.9 Å². The molecule has 2 rings (SSSR count). The molecule has 1 aromatic carbocycles. The Labute approximate surface area is 130 Å². The van der Waals surface area contributed by atoms with E-state index in [1.54, 1.807) is 7.11 Å². The van der Waals surface area contributed by atoms with E-state index in [0.29, 0.717) is 6.10 Å². The molecule has 0 aliphatic heterocycles. The van der Waals surface area contributed by atoms with E-state index < -0.39 is 0 Å². The van der Waals surface area contributed by atoms with Crippen molar-refractivity contribution in [1.82, 2.24) is 0 Å². The molecule has 2 N–H and O–H groups in total. The Morgan fingerprint density at radius 3 is 2.80 bits per heavy atom. The van der Waals surface area contributed by atoms with Crippen LogP contribution in [0.5, 0.6) is 5.75 Å². The molecule has 20 heavy (non-hydrogen) atoms. The van der Waals surface area contributed by atoms with Gasteiger partial charge < -0.3 is 15.2 Å². The van der Waals surface area contributed by atoms with Crippen LogP contribution in [0, 0.1) is 5.92 Å². The normalized spacial score (nSPS) is 23.2. The number of hydrogen-bond acceptors (Lipinski definition) is 3. The summed E-state index contributed by atoms with van der Waals surface area (Å²) in [6, 6.07) is 6.24. The predicted molar refractivity (Wildman–Crippen MR) is 85.1 cm³/mol. The first kappa shape index (κ1) is 15.8. The van der Waals surface area contributed by atoms with E-state index in [2.05, 4.69) is 28.9 Å². The van der Waals surface area contributed by atoms with Crippen LogP contribution in [0.4, 0.5) is 0 Å². The molecular weight excluding hydrogens is 318 g/mol. The fourth-order valence-corrected chi connectivity index (χ4v) is 3.28. The van der Waals surface area contributed by atoms with E-state index in [-0.39, 0.29) is 6.04 Å². The van der Waals surface area contributed by atoms with Crippen molar-refractivity contribution in [1.29, 1.82) is 0 Å². The molecular formula is C16H24BrNO2. The van der Waals surface area contributed by atoms with Gasteiger partial charge in [-0.05, 0) is 62.3 Å². The number of rotatable bonds is 7. The molecule has 0 radical (unpaired) electrons. The van der Waals surface area contributed by atoms with Gasteiger partial charge in [-0.25, -0.2) is 0 Å². The van der Waals surface area contributed by atoms with Crippen molar-refractivity contribution in [3.05, 3.63) is 28.2 Å². The van der Waals surface area contributed by atoms with Crippen LogP contribution in [0.25, 0.3) is 0 Å². The van der Waals surface area contributed by atoms with E-state index in [1.165, 1.54) is 18.4 Å². The smallest absolute Gasteiger partial charge is 0.119 e. The Balaban J connectivity index is 1.81. The van der Waals surface area contributed by atoms with Gasteiger partial charge in [0.2, 0.25) is 0 Å². The maximum Gasteiger partial charge on any atom is 0.119 e. The summed E-state index contributed by atoms with van der Waals surface area (Å²) in [5.74, 6) is 1.61. The lowest BCUT2D eigenvalue weighted by Gasteiger charge is -2.36. The topological polar surface area (TPSA) is 44.5 Å². The Bertz CT molecular complexity index is 432. The number of hydrogen-bond donors (Lipinski definition) is 1. The van der Waals surface area contributed by atoms with Gasteiger partial charge in [0.05, 0.1) is 13.2 Å². The quantitative estimate of drug-likeness (QED) is 0.824. The standard InChI is InChI=1S/C16H24BrNO2/c1-3-20-15-7-11(8-15)6-13(18)9-12-10-14(19-2)4-5-16(12)17/h4-5,10-11,13,15H,3,6-9,18H2,1-2H3. The van der Waals surface area contributed by atoms with Crippen molar-refractivity contribution in [3.8, 4) is 5.75 Å². The maximum atomic E-state index is 6.29. The third-order valence-corrected chi connectivity index (χ3v) is 4.74. The van der Waals surface area contributed by atoms with Gasteiger partial charge in [-0.3, -0.25) is 0 Å². The molecule has 0 aromatic heterocycles. The summed E-state index contributed by atoms with van der Waals surface area (Å²) in [5, 5.41) is 0. The molecule has 0 saturated heterocycles. The zero-order chi connectivity index (χ0) is 14.5. The number of nitrogens with two attached hydrogens (primary N) is 1. The molecule has 1 atom stereocenters. The van der Waals surface area contributed by atoms with Crippen molar-refractivity contribution in [2.24, 2.45) is 11.7 Å². The summed E-state index contributed by atoms with van der Waals surface area (Å²) < 4.78 is 12.0. The summed E-state index contributed by atoms with van der Waals surface area (Å²) in [6.07, 6.45) is 4.77. The second-order valence-corrected chi connectivity index (χ2v) is 6.43. The van der Waals surface area contributed by atoms with Crippen molar-refractivity contribution in [3.63, 3.8) is 0 Å². The van der Waals surface area contributed by atoms with Gasteiger partial charge in [0.1, 0.15) is 5.75 Å². The highest BCUT2D eigenvalue weighted by molar-refractivity contribution is 9.10. The fraction of sp³-hybridized carbons (Fsp3) is 0.625. The average Bonchev–Trinajstić information content (AvgIpc) is 2.39. The molecule has 1 unspecified atom stereocenters. The van der Waals surface area contributed by atoms with E-state index >= 15 is 0 Å². The van der Waals surface area contributed by atoms with Gasteiger partial charge in [-0.15, -0.1) is 0 Å². The number of ether oxygens (including phenoxy) is 2. The van der Waals surface area contributed by atoms with Crippen LogP contribution >= 0.6 is 15.9 Å². The zero-order valence-electron chi connectivity index (χ0n) is 12.3. The summed E-state index contributed by atoms with van der Waals surface area (Å²) in [6.45, 7) is 2.87. The third-order valence-electron chi connectivity index (χ3n) is 3.97. The lowest BCUT2D eigenvalue weighted by Crippen LogP contribution is -2.36. The van der Waals surface area contributed by atoms with Crippen LogP contribution < -0.4 is 10.5 Å². The molecule has 3 nitrogen and oxygen atoms in total. The molecule has 0 amide bonds. The lowest BCUT2D eigenvalue weighted by molar-refractivity contribution is -0.0280. The van der Waals surface area contributed by atoms with Gasteiger partial charge in [-0.2, -0.15) is 0 Å². The predicted octanol–water partition coefficient (Wildman–Crippen LogP) is 3.53. The van der Waals surface area contributed by atoms with E-state index in [9.17, 15) is 0 Å². The summed E-state index contributed by atoms with van der Waals surface area (Å²) in [4.78, 5) is 0. The molecule has 1 fully saturated rings. The zero-order valence-corrected chi connectivity index (χ0v) is 13.9. The minimum Gasteiger partial charge on any atom is -0.497 e. The van der Waals surface area contributed by atoms with Gasteiger partial charge in [0.15, 0.2) is 0 Å². The van der Waals surface area contributed by atoms with Crippen LogP contribution in [0.3, 0.4) is 0 Å². The summed E-state index contributed by atoms with van der Waals surface area (Å²) >= 11 is 3.58. The van der Waals surface area contributed by atoms with Crippen molar-refractivity contribution < 1.29 is 9.47 Å². The molecule has 0 heterocycles. The summed E-state index contributed by atoms with van der Waals surface area (Å²) in [5.41, 5.74) is 7.51. The largest absolute Gasteiger partial charge is 0.497 e. The first-order valence-corrected chi connectivity index (χ1v) is 8.11. The highest BCUT2D eigenvalue weighted by Gasteiger charge is 2.30. The monoisotopic (exact) mass is 341 g/mol. The molecule has 4 heteroatoms. The first-order valence-electron chi connectivity index (χ1n) is 7.32. The lowest BCUT2D eigenvalue weighted by atomic mass is 9.77. The van der Waals surface area contributed by atoms with Gasteiger partial charge in [0, 0.05) is 17.1 Å². The number of methoxy groups -OCH3 is 1. The molecule has 0 bridgehead atoms. The van der Waals surface area contributed by atoms with E-state index in [0.717, 1.165) is 35.6 Å². The third kappa shape index (κ3) is 4.21. The minimum atomic E-state index is 0.200. The van der Waals surface area contributed by atoms with Gasteiger partial charge in [-0.1, -0.05) is 15.9 Å². The van der Waals surface area contributed by atoms with Crippen molar-refractivity contribution in [2.75, 3.05) is 13.7 Å². The number of halogens is 1. The Morgan fingerprint density at radius 1 is 1.40 bits per heavy atom. The number of benzene rings is 1. The summed E-state index contributed by atoms with van der Waals surface area (Å²) in [7, 11) is 1.69. The Hall–Kier alpha value is -0.580. The van der Waals surface area contributed by atoms with E-state index in [1.807, 2.05) is 12.1 Å². The fourth-order valence-electron chi connectivity index (χ4n) is 2.87. The van der Waals surface area contributed by atoms with Crippen LogP contribution in [0.15, 0.2) is 22.7 Å². The van der Waals surface area contributed by atoms with Crippen LogP contribution in [-0.2, 0) is 11.2 Å². The minimum absolute atomic E-state index is 0.200. The second-order valence-electron chi connectivity index (χ2n) is 5.57. The Kier molecular flexibility index (Phi) is 5.87. The molecule has 0 spiro atoms. The van der Waals surface area contributed by atoms with Crippen LogP contribution in [0.1, 0.15) is 31.7 Å². The average molecular weight is 342 g/mol. The van der Waals surface area contributed by atoms with Crippen LogP contribution in [0.2, 0.25) is 0 Å². The van der Waals surface area contributed by atoms with E-state index in [4.69, 9.17) is 15.2 Å². The van der Waals surface area contributed by atoms with Gasteiger partial charge in [0.25, 0.3) is 0 Å². The Morgan fingerprint density at radius 2 is 2.15 bits per heavy atom. The first-order chi connectivity index (χ1) is 9.62. The maximum absolute atomic E-state index is 6.29. The molecule has 1 saturated carbocycles. The van der Waals surface area contributed by atoms with Crippen molar-refractivity contribution in [2.45, 2.75) is 44.8 Å². The molecule has 1 aliphatic rings.